The van der Waals surface area contributed by atoms with Gasteiger partial charge < -0.3 is 10.6 Å². The summed E-state index contributed by atoms with van der Waals surface area (Å²) >= 11 is 0. The van der Waals surface area contributed by atoms with E-state index in [1.165, 1.54) is 30.1 Å². The van der Waals surface area contributed by atoms with Gasteiger partial charge in [0.25, 0.3) is 0 Å². The van der Waals surface area contributed by atoms with Crippen molar-refractivity contribution in [1.29, 1.82) is 0 Å². The van der Waals surface area contributed by atoms with Crippen LogP contribution in [0.4, 0.5) is 10.2 Å². The Kier molecular flexibility index (Phi) is 5.04. The van der Waals surface area contributed by atoms with Crippen molar-refractivity contribution in [1.82, 2.24) is 19.5 Å². The molecule has 0 bridgehead atoms. The number of fused-ring (bicyclic) bond motifs is 1. The van der Waals surface area contributed by atoms with Crippen molar-refractivity contribution < 1.29 is 9.18 Å². The van der Waals surface area contributed by atoms with E-state index < -0.39 is 0 Å². The number of benzene rings is 1. The molecule has 0 saturated carbocycles. The first kappa shape index (κ1) is 20.4. The van der Waals surface area contributed by atoms with Crippen LogP contribution in [0.3, 0.4) is 0 Å². The van der Waals surface area contributed by atoms with E-state index >= 15 is 0 Å². The second-order valence-electron chi connectivity index (χ2n) is 8.83. The lowest BCUT2D eigenvalue weighted by Crippen LogP contribution is -2.43. The number of likely N-dealkylation sites (tertiary alicyclic amines) is 1. The molecule has 7 heteroatoms. The van der Waals surface area contributed by atoms with E-state index in [4.69, 9.17) is 5.73 Å². The van der Waals surface area contributed by atoms with Crippen molar-refractivity contribution in [3.05, 3.63) is 66.9 Å². The number of nitrogen functional groups attached to an aromatic ring is 1. The predicted molar refractivity (Wildman–Crippen MR) is 123 cm³/mol. The summed E-state index contributed by atoms with van der Waals surface area (Å²) in [6, 6.07) is 6.48. The van der Waals surface area contributed by atoms with Crippen molar-refractivity contribution >= 4 is 22.8 Å². The van der Waals surface area contributed by atoms with Crippen LogP contribution in [0.25, 0.3) is 22.2 Å². The number of anilines is 1. The van der Waals surface area contributed by atoms with Gasteiger partial charge in [0.05, 0.1) is 0 Å². The highest BCUT2D eigenvalue weighted by molar-refractivity contribution is 5.96. The third-order valence-electron chi connectivity index (χ3n) is 7.10. The molecule has 1 fully saturated rings. The maximum absolute atomic E-state index is 13.6. The van der Waals surface area contributed by atoms with Crippen LogP contribution >= 0.6 is 0 Å². The van der Waals surface area contributed by atoms with E-state index in [1.807, 2.05) is 11.1 Å². The second-order valence-corrected chi connectivity index (χ2v) is 8.83. The Balaban J connectivity index is 1.49. The van der Waals surface area contributed by atoms with Crippen molar-refractivity contribution in [2.75, 3.05) is 18.8 Å². The molecule has 2 aromatic heterocycles. The smallest absolute Gasteiger partial charge is 0.245 e. The Morgan fingerprint density at radius 1 is 1.19 bits per heavy atom. The molecule has 5 rings (SSSR count). The lowest BCUT2D eigenvalue weighted by molar-refractivity contribution is -0.128. The first-order valence-corrected chi connectivity index (χ1v) is 11.0. The molecule has 6 nitrogen and oxygen atoms in total. The van der Waals surface area contributed by atoms with E-state index in [0.717, 1.165) is 67.4 Å². The molecule has 1 aliphatic heterocycles. The Morgan fingerprint density at radius 2 is 1.94 bits per heavy atom. The summed E-state index contributed by atoms with van der Waals surface area (Å²) < 4.78 is 15.3. The number of nitrogens with two attached hydrogens (primary N) is 1. The summed E-state index contributed by atoms with van der Waals surface area (Å²) in [4.78, 5) is 18.0. The molecule has 1 aliphatic carbocycles. The maximum Gasteiger partial charge on any atom is 0.245 e. The number of hydrogen-bond donors (Lipinski definition) is 1. The predicted octanol–water partition coefficient (Wildman–Crippen LogP) is 4.48. The molecule has 164 valence electrons. The van der Waals surface area contributed by atoms with Gasteiger partial charge in [0.1, 0.15) is 17.7 Å². The molecule has 1 spiro atoms. The summed E-state index contributed by atoms with van der Waals surface area (Å²) in [6.07, 6.45) is 12.2. The molecule has 1 saturated heterocycles. The molecule has 2 aliphatic rings. The number of piperidine rings is 1. The standard InChI is InChI=1S/C25H26FN5O/c1-2-21(32)30-13-11-25(12-14-30)9-7-17(8-10-25)20-15-31-23(24(27)28-16-29-31)22(20)18-3-5-19(26)6-4-18/h2-7,15-16H,1,8-14H2,(H2,27,28,29). The van der Waals surface area contributed by atoms with Gasteiger partial charge >= 0.3 is 0 Å². The van der Waals surface area contributed by atoms with Gasteiger partial charge in [-0.05, 0) is 66.9 Å². The van der Waals surface area contributed by atoms with Crippen LogP contribution < -0.4 is 5.73 Å². The average molecular weight is 432 g/mol. The lowest BCUT2D eigenvalue weighted by Gasteiger charge is -2.43. The van der Waals surface area contributed by atoms with E-state index in [-0.39, 0.29) is 17.1 Å². The number of amides is 1. The topological polar surface area (TPSA) is 76.5 Å². The number of hydrogen-bond acceptors (Lipinski definition) is 4. The minimum atomic E-state index is -0.275. The Labute approximate surface area is 186 Å². The van der Waals surface area contributed by atoms with E-state index in [2.05, 4.69) is 22.7 Å². The van der Waals surface area contributed by atoms with Crippen LogP contribution in [-0.4, -0.2) is 38.5 Å². The monoisotopic (exact) mass is 431 g/mol. The van der Waals surface area contributed by atoms with Crippen LogP contribution in [0.5, 0.6) is 0 Å². The molecule has 3 aromatic rings. The highest BCUT2D eigenvalue weighted by Gasteiger charge is 2.37. The molecule has 2 N–H and O–H groups in total. The van der Waals surface area contributed by atoms with Gasteiger partial charge in [-0.3, -0.25) is 4.79 Å². The number of aromatic nitrogens is 3. The van der Waals surface area contributed by atoms with Crippen LogP contribution in [0.15, 0.2) is 55.5 Å². The zero-order valence-corrected chi connectivity index (χ0v) is 17.9. The molecule has 0 unspecified atom stereocenters. The van der Waals surface area contributed by atoms with Crippen LogP contribution in [0, 0.1) is 11.2 Å². The largest absolute Gasteiger partial charge is 0.382 e. The van der Waals surface area contributed by atoms with Crippen LogP contribution in [0.1, 0.15) is 37.7 Å². The Morgan fingerprint density at radius 3 is 2.59 bits per heavy atom. The van der Waals surface area contributed by atoms with Gasteiger partial charge in [0.15, 0.2) is 5.82 Å². The third-order valence-corrected chi connectivity index (χ3v) is 7.10. The highest BCUT2D eigenvalue weighted by atomic mass is 19.1. The molecular weight excluding hydrogens is 405 g/mol. The van der Waals surface area contributed by atoms with Gasteiger partial charge in [-0.1, -0.05) is 24.8 Å². The van der Waals surface area contributed by atoms with Gasteiger partial charge in [-0.2, -0.15) is 5.10 Å². The van der Waals surface area contributed by atoms with E-state index in [9.17, 15) is 9.18 Å². The quantitative estimate of drug-likeness (QED) is 0.621. The molecule has 1 aromatic carbocycles. The number of rotatable bonds is 3. The first-order chi connectivity index (χ1) is 15.5. The summed E-state index contributed by atoms with van der Waals surface area (Å²) in [5.74, 6) is 0.149. The van der Waals surface area contributed by atoms with Crippen molar-refractivity contribution in [2.45, 2.75) is 32.1 Å². The molecule has 32 heavy (non-hydrogen) atoms. The van der Waals surface area contributed by atoms with Crippen molar-refractivity contribution in [3.8, 4) is 11.1 Å². The number of carbonyl (C=O) groups is 1. The van der Waals surface area contributed by atoms with Gasteiger partial charge in [-0.25, -0.2) is 13.9 Å². The van der Waals surface area contributed by atoms with Crippen molar-refractivity contribution in [2.24, 2.45) is 5.41 Å². The van der Waals surface area contributed by atoms with Gasteiger partial charge in [0, 0.05) is 30.4 Å². The Hall–Kier alpha value is -3.48. The van der Waals surface area contributed by atoms with Gasteiger partial charge in [-0.15, -0.1) is 0 Å². The number of halogens is 1. The minimum absolute atomic E-state index is 0.0232. The van der Waals surface area contributed by atoms with Crippen molar-refractivity contribution in [3.63, 3.8) is 0 Å². The molecule has 0 radical (unpaired) electrons. The number of carbonyl (C=O) groups excluding carboxylic acids is 1. The zero-order chi connectivity index (χ0) is 22.3. The lowest BCUT2D eigenvalue weighted by atomic mass is 9.68. The minimum Gasteiger partial charge on any atom is -0.382 e. The Bertz CT molecular complexity index is 1220. The summed E-state index contributed by atoms with van der Waals surface area (Å²) in [6.45, 7) is 5.18. The summed E-state index contributed by atoms with van der Waals surface area (Å²) in [5, 5.41) is 4.36. The maximum atomic E-state index is 13.6. The second kappa shape index (κ2) is 7.89. The van der Waals surface area contributed by atoms with Crippen LogP contribution in [-0.2, 0) is 4.79 Å². The molecule has 0 atom stereocenters. The SMILES string of the molecule is C=CC(=O)N1CCC2(CC=C(c3cn4ncnc(N)c4c3-c3ccc(F)cc3)CC2)CC1. The summed E-state index contributed by atoms with van der Waals surface area (Å²) in [7, 11) is 0. The average Bonchev–Trinajstić information content (AvgIpc) is 3.21. The molecule has 1 amide bonds. The fourth-order valence-corrected chi connectivity index (χ4v) is 5.16. The van der Waals surface area contributed by atoms with Crippen LogP contribution in [0.2, 0.25) is 0 Å². The first-order valence-electron chi connectivity index (χ1n) is 11.0. The van der Waals surface area contributed by atoms with E-state index in [0.29, 0.717) is 5.82 Å². The third kappa shape index (κ3) is 3.47. The summed E-state index contributed by atoms with van der Waals surface area (Å²) in [5.41, 5.74) is 11.4. The highest BCUT2D eigenvalue weighted by Crippen LogP contribution is 2.48. The number of nitrogens with zero attached hydrogens (tertiary/aromatic N) is 4. The molecule has 3 heterocycles. The molecular formula is C25H26FN5O. The fraction of sp³-hybridized carbons (Fsp3) is 0.320. The fourth-order valence-electron chi connectivity index (χ4n) is 5.16. The zero-order valence-electron chi connectivity index (χ0n) is 17.9. The van der Waals surface area contributed by atoms with E-state index in [1.54, 1.807) is 16.6 Å². The number of allylic oxidation sites excluding steroid dienone is 2. The van der Waals surface area contributed by atoms with Gasteiger partial charge in [0.2, 0.25) is 5.91 Å². The normalized spacial score (nSPS) is 18.0.